The first-order chi connectivity index (χ1) is 12.5. The molecule has 26 heavy (non-hydrogen) atoms. The third-order valence-electron chi connectivity index (χ3n) is 3.94. The van der Waals surface area contributed by atoms with Crippen LogP contribution in [-0.4, -0.2) is 43.5 Å². The lowest BCUT2D eigenvalue weighted by Gasteiger charge is -2.21. The summed E-state index contributed by atoms with van der Waals surface area (Å²) < 4.78 is 15.8. The number of aryl methyl sites for hydroxylation is 2. The number of nitrogens with zero attached hydrogens (tertiary/aromatic N) is 1. The average Bonchev–Trinajstić information content (AvgIpc) is 3.24. The van der Waals surface area contributed by atoms with Gasteiger partial charge >= 0.3 is 0 Å². The van der Waals surface area contributed by atoms with Crippen molar-refractivity contribution >= 4 is 11.8 Å². The van der Waals surface area contributed by atoms with Gasteiger partial charge in [-0.1, -0.05) is 0 Å². The van der Waals surface area contributed by atoms with Crippen molar-refractivity contribution in [3.63, 3.8) is 0 Å². The maximum absolute atomic E-state index is 12.9. The first kappa shape index (κ1) is 19.8. The Morgan fingerprint density at radius 1 is 1.31 bits per heavy atom. The van der Waals surface area contributed by atoms with E-state index in [2.05, 4.69) is 5.32 Å². The third-order valence-corrected chi connectivity index (χ3v) is 3.94. The molecule has 0 aliphatic carbocycles. The van der Waals surface area contributed by atoms with Gasteiger partial charge in [0.1, 0.15) is 17.3 Å². The summed E-state index contributed by atoms with van der Waals surface area (Å²) in [5.74, 6) is 1.64. The molecule has 2 aromatic rings. The van der Waals surface area contributed by atoms with Gasteiger partial charge < -0.3 is 23.8 Å². The molecule has 142 valence electrons. The number of hydrogen-bond acceptors (Lipinski definition) is 5. The van der Waals surface area contributed by atoms with Gasteiger partial charge in [0.15, 0.2) is 0 Å². The Morgan fingerprint density at radius 3 is 2.73 bits per heavy atom. The second kappa shape index (κ2) is 9.82. The molecule has 0 aliphatic heterocycles. The first-order valence-electron chi connectivity index (χ1n) is 8.65. The molecule has 0 saturated carbocycles. The maximum atomic E-state index is 12.9. The fourth-order valence-electron chi connectivity index (χ4n) is 2.63. The summed E-state index contributed by atoms with van der Waals surface area (Å²) in [7, 11) is 1.62. The molecule has 2 aromatic heterocycles. The number of rotatable bonds is 10. The molecule has 2 amide bonds. The number of nitrogens with one attached hydrogen (secondary N) is 1. The van der Waals surface area contributed by atoms with Gasteiger partial charge in [0, 0.05) is 33.2 Å². The number of amides is 2. The second-order valence-corrected chi connectivity index (χ2v) is 6.08. The van der Waals surface area contributed by atoms with E-state index in [1.165, 1.54) is 0 Å². The zero-order valence-corrected chi connectivity index (χ0v) is 15.5. The van der Waals surface area contributed by atoms with Crippen LogP contribution in [0.4, 0.5) is 0 Å². The molecule has 0 spiro atoms. The molecule has 0 radical (unpaired) electrons. The zero-order chi connectivity index (χ0) is 18.9. The summed E-state index contributed by atoms with van der Waals surface area (Å²) in [5, 5.41) is 2.83. The Balaban J connectivity index is 1.98. The summed E-state index contributed by atoms with van der Waals surface area (Å²) >= 11 is 0. The second-order valence-electron chi connectivity index (χ2n) is 6.08. The van der Waals surface area contributed by atoms with Crippen LogP contribution in [0.15, 0.2) is 33.3 Å². The molecule has 1 N–H and O–H groups in total. The lowest BCUT2D eigenvalue weighted by Crippen LogP contribution is -2.35. The van der Waals surface area contributed by atoms with E-state index in [1.807, 2.05) is 0 Å². The van der Waals surface area contributed by atoms with Crippen molar-refractivity contribution < 1.29 is 23.2 Å². The number of methoxy groups -OCH3 is 1. The van der Waals surface area contributed by atoms with E-state index in [1.54, 1.807) is 50.3 Å². The van der Waals surface area contributed by atoms with E-state index in [0.717, 1.165) is 6.42 Å². The minimum Gasteiger partial charge on any atom is -0.467 e. The molecule has 0 fully saturated rings. The fraction of sp³-hybridized carbons (Fsp3) is 0.474. The van der Waals surface area contributed by atoms with E-state index in [-0.39, 0.29) is 18.2 Å². The Bertz CT molecular complexity index is 706. The monoisotopic (exact) mass is 362 g/mol. The van der Waals surface area contributed by atoms with Crippen molar-refractivity contribution in [2.45, 2.75) is 33.2 Å². The normalized spacial score (nSPS) is 10.7. The van der Waals surface area contributed by atoms with E-state index in [0.29, 0.717) is 49.1 Å². The van der Waals surface area contributed by atoms with Gasteiger partial charge in [0.2, 0.25) is 5.91 Å². The molecule has 0 atom stereocenters. The third kappa shape index (κ3) is 5.77. The molecule has 0 unspecified atom stereocenters. The van der Waals surface area contributed by atoms with Crippen LogP contribution in [0.5, 0.6) is 0 Å². The summed E-state index contributed by atoms with van der Waals surface area (Å²) in [5.41, 5.74) is 0.509. The predicted octanol–water partition coefficient (Wildman–Crippen LogP) is 2.67. The van der Waals surface area contributed by atoms with Crippen LogP contribution in [0.2, 0.25) is 0 Å². The number of carbonyl (C=O) groups is 2. The van der Waals surface area contributed by atoms with Crippen LogP contribution in [0.25, 0.3) is 0 Å². The first-order valence-corrected chi connectivity index (χ1v) is 8.65. The summed E-state index contributed by atoms with van der Waals surface area (Å²) in [6.45, 7) is 5.30. The van der Waals surface area contributed by atoms with Crippen LogP contribution < -0.4 is 5.32 Å². The van der Waals surface area contributed by atoms with Crippen molar-refractivity contribution in [3.8, 4) is 0 Å². The van der Waals surface area contributed by atoms with Crippen molar-refractivity contribution in [3.05, 3.63) is 47.3 Å². The van der Waals surface area contributed by atoms with Crippen LogP contribution in [0.1, 0.15) is 40.5 Å². The fourth-order valence-corrected chi connectivity index (χ4v) is 2.63. The topological polar surface area (TPSA) is 84.9 Å². The Morgan fingerprint density at radius 2 is 2.12 bits per heavy atom. The SMILES string of the molecule is COCCCNC(=O)CCN(Cc1ccco1)C(=O)c1cc(C)oc1C. The molecule has 7 nitrogen and oxygen atoms in total. The minimum absolute atomic E-state index is 0.0987. The number of carbonyl (C=O) groups excluding carboxylic acids is 2. The Hall–Kier alpha value is -2.54. The lowest BCUT2D eigenvalue weighted by molar-refractivity contribution is -0.121. The van der Waals surface area contributed by atoms with E-state index in [9.17, 15) is 9.59 Å². The Kier molecular flexibility index (Phi) is 7.47. The summed E-state index contributed by atoms with van der Waals surface area (Å²) in [6.07, 6.45) is 2.54. The van der Waals surface area contributed by atoms with Gasteiger partial charge in [0.25, 0.3) is 5.91 Å². The number of ether oxygens (including phenoxy) is 1. The smallest absolute Gasteiger partial charge is 0.257 e. The average molecular weight is 362 g/mol. The predicted molar refractivity (Wildman–Crippen MR) is 95.8 cm³/mol. The molecule has 0 aromatic carbocycles. The molecular formula is C19H26N2O5. The lowest BCUT2D eigenvalue weighted by atomic mass is 10.2. The van der Waals surface area contributed by atoms with Gasteiger partial charge in [0.05, 0.1) is 18.4 Å². The van der Waals surface area contributed by atoms with E-state index in [4.69, 9.17) is 13.6 Å². The molecule has 2 rings (SSSR count). The zero-order valence-electron chi connectivity index (χ0n) is 15.5. The van der Waals surface area contributed by atoms with Gasteiger partial charge in [-0.15, -0.1) is 0 Å². The molecule has 0 aliphatic rings. The van der Waals surface area contributed by atoms with Gasteiger partial charge in [-0.25, -0.2) is 0 Å². The minimum atomic E-state index is -0.178. The molecule has 2 heterocycles. The van der Waals surface area contributed by atoms with Crippen LogP contribution >= 0.6 is 0 Å². The summed E-state index contributed by atoms with van der Waals surface area (Å²) in [4.78, 5) is 26.5. The highest BCUT2D eigenvalue weighted by Crippen LogP contribution is 2.18. The maximum Gasteiger partial charge on any atom is 0.257 e. The van der Waals surface area contributed by atoms with Crippen LogP contribution in [0.3, 0.4) is 0 Å². The highest BCUT2D eigenvalue weighted by molar-refractivity contribution is 5.95. The summed E-state index contributed by atoms with van der Waals surface area (Å²) in [6, 6.07) is 5.30. The number of furan rings is 2. The molecule has 7 heteroatoms. The van der Waals surface area contributed by atoms with E-state index >= 15 is 0 Å². The van der Waals surface area contributed by atoms with E-state index < -0.39 is 0 Å². The Labute approximate surface area is 153 Å². The van der Waals surface area contributed by atoms with Crippen molar-refractivity contribution in [1.29, 1.82) is 0 Å². The van der Waals surface area contributed by atoms with Crippen molar-refractivity contribution in [1.82, 2.24) is 10.2 Å². The van der Waals surface area contributed by atoms with Gasteiger partial charge in [-0.3, -0.25) is 9.59 Å². The molecule has 0 bridgehead atoms. The van der Waals surface area contributed by atoms with Crippen LogP contribution in [0, 0.1) is 13.8 Å². The largest absolute Gasteiger partial charge is 0.467 e. The van der Waals surface area contributed by atoms with Crippen molar-refractivity contribution in [2.24, 2.45) is 0 Å². The van der Waals surface area contributed by atoms with Crippen LogP contribution in [-0.2, 0) is 16.1 Å². The standard InChI is InChI=1S/C19H26N2O5/c1-14-12-17(15(2)26-14)19(23)21(13-16-6-4-11-25-16)9-7-18(22)20-8-5-10-24-3/h4,6,11-12H,5,7-10,13H2,1-3H3,(H,20,22). The molecular weight excluding hydrogens is 336 g/mol. The molecule has 0 saturated heterocycles. The quantitative estimate of drug-likeness (QED) is 0.657. The van der Waals surface area contributed by atoms with Gasteiger partial charge in [-0.2, -0.15) is 0 Å². The van der Waals surface area contributed by atoms with Gasteiger partial charge in [-0.05, 0) is 38.5 Å². The highest BCUT2D eigenvalue weighted by Gasteiger charge is 2.22. The number of hydrogen-bond donors (Lipinski definition) is 1. The van der Waals surface area contributed by atoms with Crippen molar-refractivity contribution in [2.75, 3.05) is 26.8 Å². The highest BCUT2D eigenvalue weighted by atomic mass is 16.5.